The molecule has 32 heavy (non-hydrogen) atoms. The molecule has 0 atom stereocenters. The Bertz CT molecular complexity index is 1220. The van der Waals surface area contributed by atoms with Gasteiger partial charge in [0.25, 0.3) is 0 Å². The number of hydrogen-bond donors (Lipinski definition) is 3. The quantitative estimate of drug-likeness (QED) is 0.309. The molecule has 0 radical (unpaired) electrons. The van der Waals surface area contributed by atoms with Crippen LogP contribution in [-0.4, -0.2) is 55.2 Å². The van der Waals surface area contributed by atoms with Crippen LogP contribution in [-0.2, 0) is 0 Å². The number of benzene rings is 2. The highest BCUT2D eigenvalue weighted by Gasteiger charge is 2.17. The molecule has 4 N–H and O–H groups in total. The van der Waals surface area contributed by atoms with Gasteiger partial charge in [-0.25, -0.2) is 4.98 Å². The topological polar surface area (TPSA) is 79.2 Å². The molecule has 0 aliphatic carbocycles. The first-order valence-electron chi connectivity index (χ1n) is 11.0. The summed E-state index contributed by atoms with van der Waals surface area (Å²) < 4.78 is 5.48. The molecule has 7 heteroatoms. The zero-order valence-corrected chi connectivity index (χ0v) is 20.2. The third-order valence-corrected chi connectivity index (χ3v) is 6.24. The number of nitrogens with one attached hydrogen (secondary N) is 2. The van der Waals surface area contributed by atoms with Crippen molar-refractivity contribution in [3.63, 3.8) is 0 Å². The van der Waals surface area contributed by atoms with Crippen LogP contribution >= 0.6 is 12.4 Å². The molecule has 2 heterocycles. The molecule has 0 saturated carbocycles. The number of aryl methyl sites for hydroxylation is 2. The summed E-state index contributed by atoms with van der Waals surface area (Å²) in [5.41, 5.74) is 10.4. The Kier molecular flexibility index (Phi) is 7.82. The van der Waals surface area contributed by atoms with Crippen molar-refractivity contribution in [1.29, 1.82) is 0 Å². The van der Waals surface area contributed by atoms with Crippen LogP contribution in [0.3, 0.4) is 0 Å². The Morgan fingerprint density at radius 1 is 1.06 bits per heavy atom. The molecule has 2 aromatic heterocycles. The van der Waals surface area contributed by atoms with Crippen molar-refractivity contribution in [3.05, 3.63) is 41.6 Å². The summed E-state index contributed by atoms with van der Waals surface area (Å²) in [5.74, 6) is 1.83. The monoisotopic (exact) mass is 455 g/mol. The number of anilines is 1. The maximum Gasteiger partial charge on any atom is 0.134 e. The van der Waals surface area contributed by atoms with Gasteiger partial charge in [0.2, 0.25) is 0 Å². The Labute approximate surface area is 195 Å². The van der Waals surface area contributed by atoms with E-state index in [-0.39, 0.29) is 12.4 Å². The lowest BCUT2D eigenvalue weighted by molar-refractivity contribution is 0.330. The number of aromatic amines is 1. The summed E-state index contributed by atoms with van der Waals surface area (Å²) in [4.78, 5) is 10.7. The van der Waals surface area contributed by atoms with Crippen LogP contribution in [0.15, 0.2) is 30.5 Å². The molecule has 6 nitrogen and oxygen atoms in total. The minimum absolute atomic E-state index is 0. The summed E-state index contributed by atoms with van der Waals surface area (Å²) in [7, 11) is 3.87. The van der Waals surface area contributed by atoms with Gasteiger partial charge in [0.1, 0.15) is 11.6 Å². The van der Waals surface area contributed by atoms with E-state index in [9.17, 15) is 0 Å². The molecule has 0 amide bonds. The standard InChI is InChI=1S/C25H33N5O.ClH/c1-16-19-9-12-28-25(27-11-6-14-30(3)13-5-10-26)23(19)17(2)22-20-15-18(31-4)7-8-21(20)29-24(16)22;/h7-9,12,15,29H,5-6,10-11,13-14,26H2,1-4H3,(H,27,28);1H. The zero-order chi connectivity index (χ0) is 22.0. The van der Waals surface area contributed by atoms with Crippen molar-refractivity contribution in [2.24, 2.45) is 5.73 Å². The molecule has 0 bridgehead atoms. The van der Waals surface area contributed by atoms with Crippen molar-refractivity contribution in [1.82, 2.24) is 14.9 Å². The van der Waals surface area contributed by atoms with Crippen molar-refractivity contribution in [2.75, 3.05) is 45.7 Å². The van der Waals surface area contributed by atoms with Gasteiger partial charge in [0, 0.05) is 34.4 Å². The maximum atomic E-state index is 5.61. The summed E-state index contributed by atoms with van der Waals surface area (Å²) in [6.45, 7) is 8.11. The van der Waals surface area contributed by atoms with Crippen LogP contribution < -0.4 is 15.8 Å². The van der Waals surface area contributed by atoms with Gasteiger partial charge in [-0.05, 0) is 94.1 Å². The van der Waals surface area contributed by atoms with Gasteiger partial charge in [-0.3, -0.25) is 0 Å². The van der Waals surface area contributed by atoms with Crippen LogP contribution in [0.2, 0.25) is 0 Å². The van der Waals surface area contributed by atoms with Gasteiger partial charge >= 0.3 is 0 Å². The number of H-pyrrole nitrogens is 1. The fourth-order valence-electron chi connectivity index (χ4n) is 4.55. The Morgan fingerprint density at radius 2 is 1.84 bits per heavy atom. The van der Waals surface area contributed by atoms with Crippen LogP contribution in [0.4, 0.5) is 5.82 Å². The molecular weight excluding hydrogens is 422 g/mol. The van der Waals surface area contributed by atoms with Crippen LogP contribution in [0.5, 0.6) is 5.75 Å². The summed E-state index contributed by atoms with van der Waals surface area (Å²) in [5, 5.41) is 8.47. The Morgan fingerprint density at radius 3 is 2.59 bits per heavy atom. The SMILES string of the molecule is COc1ccc2[nH]c3c(C)c4ccnc(NCCCN(C)CCCN)c4c(C)c3c2c1.Cl. The van der Waals surface area contributed by atoms with Crippen molar-refractivity contribution < 1.29 is 4.74 Å². The highest BCUT2D eigenvalue weighted by atomic mass is 35.5. The third-order valence-electron chi connectivity index (χ3n) is 6.24. The van der Waals surface area contributed by atoms with Gasteiger partial charge in [0.05, 0.1) is 12.6 Å². The first-order valence-corrected chi connectivity index (χ1v) is 11.0. The number of pyridine rings is 1. The van der Waals surface area contributed by atoms with Crippen molar-refractivity contribution >= 4 is 50.8 Å². The maximum absolute atomic E-state index is 5.61. The number of methoxy groups -OCH3 is 1. The number of aromatic nitrogens is 2. The van der Waals surface area contributed by atoms with E-state index in [0.29, 0.717) is 0 Å². The summed E-state index contributed by atoms with van der Waals surface area (Å²) >= 11 is 0. The van der Waals surface area contributed by atoms with E-state index < -0.39 is 0 Å². The minimum atomic E-state index is 0. The summed E-state index contributed by atoms with van der Waals surface area (Å²) in [6, 6.07) is 8.33. The largest absolute Gasteiger partial charge is 0.497 e. The number of fused-ring (bicyclic) bond motifs is 4. The lowest BCUT2D eigenvalue weighted by Crippen LogP contribution is -2.24. The average molecular weight is 456 g/mol. The second-order valence-corrected chi connectivity index (χ2v) is 8.34. The van der Waals surface area contributed by atoms with Gasteiger partial charge in [0.15, 0.2) is 0 Å². The number of rotatable bonds is 9. The first-order chi connectivity index (χ1) is 15.0. The van der Waals surface area contributed by atoms with Crippen LogP contribution in [0.1, 0.15) is 24.0 Å². The lowest BCUT2D eigenvalue weighted by Gasteiger charge is -2.17. The molecular formula is C25H34ClN5O. The van der Waals surface area contributed by atoms with E-state index in [1.54, 1.807) is 7.11 Å². The molecule has 0 spiro atoms. The number of nitrogens with two attached hydrogens (primary N) is 1. The normalized spacial score (nSPS) is 11.4. The number of ether oxygens (including phenoxy) is 1. The minimum Gasteiger partial charge on any atom is -0.497 e. The second kappa shape index (κ2) is 10.4. The molecule has 0 aliphatic heterocycles. The zero-order valence-electron chi connectivity index (χ0n) is 19.4. The highest BCUT2D eigenvalue weighted by molar-refractivity contribution is 6.18. The second-order valence-electron chi connectivity index (χ2n) is 8.34. The van der Waals surface area contributed by atoms with E-state index in [4.69, 9.17) is 15.5 Å². The molecule has 2 aromatic carbocycles. The van der Waals surface area contributed by atoms with Crippen LogP contribution in [0, 0.1) is 13.8 Å². The first kappa shape index (κ1) is 24.1. The molecule has 172 valence electrons. The third kappa shape index (κ3) is 4.49. The van der Waals surface area contributed by atoms with Crippen LogP contribution in [0.25, 0.3) is 32.6 Å². The van der Waals surface area contributed by atoms with E-state index in [1.807, 2.05) is 12.3 Å². The predicted molar refractivity (Wildman–Crippen MR) is 139 cm³/mol. The van der Waals surface area contributed by atoms with E-state index in [0.717, 1.165) is 56.1 Å². The molecule has 0 unspecified atom stereocenters. The van der Waals surface area contributed by atoms with E-state index in [1.165, 1.54) is 38.2 Å². The van der Waals surface area contributed by atoms with Crippen molar-refractivity contribution in [3.8, 4) is 5.75 Å². The number of nitrogens with zero attached hydrogens (tertiary/aromatic N) is 2. The van der Waals surface area contributed by atoms with Gasteiger partial charge in [-0.2, -0.15) is 0 Å². The van der Waals surface area contributed by atoms with E-state index >= 15 is 0 Å². The molecule has 4 rings (SSSR count). The summed E-state index contributed by atoms with van der Waals surface area (Å²) in [6.07, 6.45) is 4.00. The average Bonchev–Trinajstić information content (AvgIpc) is 3.17. The molecule has 0 aliphatic rings. The smallest absolute Gasteiger partial charge is 0.134 e. The fraction of sp³-hybridized carbons (Fsp3) is 0.400. The van der Waals surface area contributed by atoms with E-state index in [2.05, 4.69) is 54.3 Å². The molecule has 0 fully saturated rings. The lowest BCUT2D eigenvalue weighted by atomic mass is 9.96. The predicted octanol–water partition coefficient (Wildman–Crippen LogP) is 5.00. The fourth-order valence-corrected chi connectivity index (χ4v) is 4.55. The Hall–Kier alpha value is -2.54. The number of hydrogen-bond acceptors (Lipinski definition) is 5. The molecule has 0 saturated heterocycles. The van der Waals surface area contributed by atoms with Gasteiger partial charge in [-0.15, -0.1) is 12.4 Å². The number of halogens is 1. The van der Waals surface area contributed by atoms with Gasteiger partial charge in [-0.1, -0.05) is 0 Å². The van der Waals surface area contributed by atoms with Crippen molar-refractivity contribution in [2.45, 2.75) is 26.7 Å². The molecule has 4 aromatic rings. The highest BCUT2D eigenvalue weighted by Crippen LogP contribution is 2.39. The van der Waals surface area contributed by atoms with Gasteiger partial charge < -0.3 is 25.7 Å². The Balaban J connectivity index is 0.00000289.